The molecule has 0 amide bonds. The highest BCUT2D eigenvalue weighted by Gasteiger charge is 2.19. The molecule has 1 aliphatic heterocycles. The first-order valence-corrected chi connectivity index (χ1v) is 8.40. The van der Waals surface area contributed by atoms with Crippen LogP contribution < -0.4 is 4.90 Å². The molecule has 1 fully saturated rings. The lowest BCUT2D eigenvalue weighted by molar-refractivity contribution is 0.0215. The van der Waals surface area contributed by atoms with Gasteiger partial charge >= 0.3 is 0 Å². The Morgan fingerprint density at radius 2 is 2.08 bits per heavy atom. The zero-order valence-corrected chi connectivity index (χ0v) is 13.8. The van der Waals surface area contributed by atoms with Gasteiger partial charge in [0.25, 0.3) is 0 Å². The first-order chi connectivity index (χ1) is 11.8. The van der Waals surface area contributed by atoms with E-state index in [1.54, 1.807) is 6.33 Å². The predicted octanol–water partition coefficient (Wildman–Crippen LogP) is 2.82. The summed E-state index contributed by atoms with van der Waals surface area (Å²) in [5.74, 6) is 0.899. The fourth-order valence-electron chi connectivity index (χ4n) is 3.24. The Hall–Kier alpha value is -2.47. The number of nitrogens with zero attached hydrogens (tertiary/aromatic N) is 5. The van der Waals surface area contributed by atoms with Gasteiger partial charge in [-0.2, -0.15) is 5.10 Å². The molecule has 0 bridgehead atoms. The van der Waals surface area contributed by atoms with E-state index in [-0.39, 0.29) is 6.10 Å². The van der Waals surface area contributed by atoms with Crippen LogP contribution in [-0.2, 0) is 4.74 Å². The van der Waals surface area contributed by atoms with Gasteiger partial charge in [0.05, 0.1) is 23.4 Å². The van der Waals surface area contributed by atoms with Crippen LogP contribution in [0.3, 0.4) is 0 Å². The lowest BCUT2D eigenvalue weighted by Gasteiger charge is -2.28. The number of rotatable bonds is 4. The average molecular weight is 323 g/mol. The molecule has 124 valence electrons. The summed E-state index contributed by atoms with van der Waals surface area (Å²) >= 11 is 0. The third kappa shape index (κ3) is 2.85. The van der Waals surface area contributed by atoms with Crippen molar-refractivity contribution in [3.63, 3.8) is 0 Å². The minimum Gasteiger partial charge on any atom is -0.376 e. The summed E-state index contributed by atoms with van der Waals surface area (Å²) in [5, 5.41) is 5.47. The maximum absolute atomic E-state index is 5.85. The molecule has 2 aromatic heterocycles. The fraction of sp³-hybridized carbons (Fsp3) is 0.389. The van der Waals surface area contributed by atoms with Crippen molar-refractivity contribution in [1.29, 1.82) is 0 Å². The molecule has 3 aromatic rings. The second-order valence-corrected chi connectivity index (χ2v) is 6.20. The van der Waals surface area contributed by atoms with E-state index in [0.29, 0.717) is 0 Å². The molecule has 1 saturated heterocycles. The molecule has 1 unspecified atom stereocenters. The molecule has 4 rings (SSSR count). The van der Waals surface area contributed by atoms with E-state index in [9.17, 15) is 0 Å². The van der Waals surface area contributed by atoms with Gasteiger partial charge in [0, 0.05) is 20.2 Å². The number of hydrogen-bond acceptors (Lipinski definition) is 5. The van der Waals surface area contributed by atoms with Gasteiger partial charge in [-0.1, -0.05) is 18.2 Å². The Morgan fingerprint density at radius 1 is 1.21 bits per heavy atom. The number of hydrogen-bond donors (Lipinski definition) is 0. The third-order valence-corrected chi connectivity index (χ3v) is 4.46. The van der Waals surface area contributed by atoms with Gasteiger partial charge in [0.15, 0.2) is 5.65 Å². The number of para-hydroxylation sites is 1. The summed E-state index contributed by atoms with van der Waals surface area (Å²) in [6.45, 7) is 1.70. The Balaban J connectivity index is 1.65. The lowest BCUT2D eigenvalue weighted by Crippen LogP contribution is -2.33. The highest BCUT2D eigenvalue weighted by Crippen LogP contribution is 2.25. The Labute approximate surface area is 141 Å². The van der Waals surface area contributed by atoms with Crippen LogP contribution in [0.2, 0.25) is 0 Å². The van der Waals surface area contributed by atoms with Crippen molar-refractivity contribution in [1.82, 2.24) is 19.7 Å². The number of benzene rings is 1. The van der Waals surface area contributed by atoms with Crippen LogP contribution in [0.4, 0.5) is 5.82 Å². The first-order valence-electron chi connectivity index (χ1n) is 8.40. The van der Waals surface area contributed by atoms with Crippen molar-refractivity contribution in [3.05, 3.63) is 42.9 Å². The molecule has 0 saturated carbocycles. The highest BCUT2D eigenvalue weighted by atomic mass is 16.5. The Morgan fingerprint density at radius 3 is 2.88 bits per heavy atom. The van der Waals surface area contributed by atoms with E-state index in [1.807, 2.05) is 41.2 Å². The molecule has 24 heavy (non-hydrogen) atoms. The SMILES string of the molecule is CN(CC1CCCCO1)c1ncnc2c1cnn2-c1ccccc1. The minimum absolute atomic E-state index is 0.276. The highest BCUT2D eigenvalue weighted by molar-refractivity contribution is 5.87. The van der Waals surface area contributed by atoms with E-state index >= 15 is 0 Å². The summed E-state index contributed by atoms with van der Waals surface area (Å²) in [5.41, 5.74) is 1.82. The number of ether oxygens (including phenoxy) is 1. The number of likely N-dealkylation sites (N-methyl/N-ethyl adjacent to an activating group) is 1. The van der Waals surface area contributed by atoms with Crippen molar-refractivity contribution in [2.24, 2.45) is 0 Å². The van der Waals surface area contributed by atoms with Crippen LogP contribution in [0.25, 0.3) is 16.7 Å². The van der Waals surface area contributed by atoms with Gasteiger partial charge < -0.3 is 9.64 Å². The first kappa shape index (κ1) is 15.1. The van der Waals surface area contributed by atoms with Gasteiger partial charge in [-0.25, -0.2) is 14.6 Å². The summed E-state index contributed by atoms with van der Waals surface area (Å²) in [7, 11) is 2.06. The maximum atomic E-state index is 5.85. The minimum atomic E-state index is 0.276. The second kappa shape index (κ2) is 6.57. The standard InChI is InChI=1S/C18H21N5O/c1-22(12-15-9-5-6-10-24-15)17-16-11-21-23(18(16)20-13-19-17)14-7-3-2-4-8-14/h2-4,7-8,11,13,15H,5-6,9-10,12H2,1H3. The van der Waals surface area contributed by atoms with E-state index < -0.39 is 0 Å². The van der Waals surface area contributed by atoms with E-state index in [2.05, 4.69) is 27.0 Å². The number of aromatic nitrogens is 4. The van der Waals surface area contributed by atoms with Crippen LogP contribution >= 0.6 is 0 Å². The lowest BCUT2D eigenvalue weighted by atomic mass is 10.1. The zero-order chi connectivity index (χ0) is 16.4. The fourth-order valence-corrected chi connectivity index (χ4v) is 3.24. The molecule has 0 radical (unpaired) electrons. The maximum Gasteiger partial charge on any atom is 0.168 e. The van der Waals surface area contributed by atoms with Gasteiger partial charge in [-0.3, -0.25) is 0 Å². The number of anilines is 1. The summed E-state index contributed by atoms with van der Waals surface area (Å²) < 4.78 is 7.70. The molecular weight excluding hydrogens is 302 g/mol. The van der Waals surface area contributed by atoms with Crippen molar-refractivity contribution < 1.29 is 4.74 Å². The van der Waals surface area contributed by atoms with E-state index in [4.69, 9.17) is 4.74 Å². The molecule has 0 N–H and O–H groups in total. The predicted molar refractivity (Wildman–Crippen MR) is 93.5 cm³/mol. The van der Waals surface area contributed by atoms with E-state index in [1.165, 1.54) is 12.8 Å². The van der Waals surface area contributed by atoms with Crippen molar-refractivity contribution in [2.75, 3.05) is 25.1 Å². The van der Waals surface area contributed by atoms with Gasteiger partial charge in [-0.05, 0) is 31.4 Å². The summed E-state index contributed by atoms with van der Waals surface area (Å²) in [6, 6.07) is 10.0. The molecule has 6 nitrogen and oxygen atoms in total. The Kier molecular flexibility index (Phi) is 4.13. The molecular formula is C18H21N5O. The van der Waals surface area contributed by atoms with Crippen molar-refractivity contribution in [2.45, 2.75) is 25.4 Å². The molecule has 0 spiro atoms. The summed E-state index contributed by atoms with van der Waals surface area (Å²) in [6.07, 6.45) is 7.25. The van der Waals surface area contributed by atoms with Gasteiger partial charge in [0.2, 0.25) is 0 Å². The quantitative estimate of drug-likeness (QED) is 0.739. The van der Waals surface area contributed by atoms with Crippen LogP contribution in [0.15, 0.2) is 42.9 Å². The van der Waals surface area contributed by atoms with Crippen molar-refractivity contribution in [3.8, 4) is 5.69 Å². The molecule has 1 aromatic carbocycles. The topological polar surface area (TPSA) is 56.1 Å². The van der Waals surface area contributed by atoms with Crippen molar-refractivity contribution >= 4 is 16.9 Å². The average Bonchev–Trinajstić information content (AvgIpc) is 3.07. The molecule has 3 heterocycles. The van der Waals surface area contributed by atoms with E-state index in [0.717, 1.165) is 42.1 Å². The third-order valence-electron chi connectivity index (χ3n) is 4.46. The smallest absolute Gasteiger partial charge is 0.168 e. The van der Waals surface area contributed by atoms with Crippen LogP contribution in [0.1, 0.15) is 19.3 Å². The Bertz CT molecular complexity index is 811. The van der Waals surface area contributed by atoms with Gasteiger partial charge in [-0.15, -0.1) is 0 Å². The van der Waals surface area contributed by atoms with Crippen LogP contribution in [0.5, 0.6) is 0 Å². The molecule has 1 atom stereocenters. The number of fused-ring (bicyclic) bond motifs is 1. The monoisotopic (exact) mass is 323 g/mol. The summed E-state index contributed by atoms with van der Waals surface area (Å²) in [4.78, 5) is 11.1. The normalized spacial score (nSPS) is 18.0. The largest absolute Gasteiger partial charge is 0.376 e. The molecule has 6 heteroatoms. The zero-order valence-electron chi connectivity index (χ0n) is 13.8. The second-order valence-electron chi connectivity index (χ2n) is 6.20. The van der Waals surface area contributed by atoms with Crippen LogP contribution in [0, 0.1) is 0 Å². The molecule has 0 aliphatic carbocycles. The molecule has 1 aliphatic rings. The van der Waals surface area contributed by atoms with Crippen LogP contribution in [-0.4, -0.2) is 46.1 Å². The van der Waals surface area contributed by atoms with Gasteiger partial charge in [0.1, 0.15) is 12.1 Å².